The molecule has 0 spiro atoms. The van der Waals surface area contributed by atoms with Crippen molar-refractivity contribution in [1.82, 2.24) is 19.2 Å². The number of aromatic nitrogens is 4. The Morgan fingerprint density at radius 1 is 1.14 bits per heavy atom. The minimum atomic E-state index is 0. The number of para-hydroxylation sites is 2. The molecular formula is C10H12N4. The lowest BCUT2D eigenvalue weighted by atomic mass is 10.3. The first-order valence-corrected chi connectivity index (χ1v) is 4.11. The molecule has 0 saturated carbocycles. The second-order valence-electron chi connectivity index (χ2n) is 3.02. The van der Waals surface area contributed by atoms with Crippen LogP contribution in [0.5, 0.6) is 0 Å². The lowest BCUT2D eigenvalue weighted by Crippen LogP contribution is -1.87. The maximum absolute atomic E-state index is 4.17. The van der Waals surface area contributed by atoms with E-state index in [1.54, 1.807) is 6.33 Å². The summed E-state index contributed by atoms with van der Waals surface area (Å²) < 4.78 is 3.87. The topological polar surface area (TPSA) is 35.1 Å². The number of nitrogens with zero attached hydrogens (tertiary/aromatic N) is 4. The molecule has 4 heteroatoms. The third-order valence-corrected chi connectivity index (χ3v) is 2.30. The Hall–Kier alpha value is -1.84. The Morgan fingerprint density at radius 3 is 2.64 bits per heavy atom. The van der Waals surface area contributed by atoms with Crippen LogP contribution in [0.4, 0.5) is 0 Å². The molecule has 3 rings (SSSR count). The second-order valence-corrected chi connectivity index (χ2v) is 3.02. The maximum atomic E-state index is 4.17. The number of imidazole rings is 1. The summed E-state index contributed by atoms with van der Waals surface area (Å²) in [7, 11) is 1.99. The third-order valence-electron chi connectivity index (χ3n) is 2.30. The van der Waals surface area contributed by atoms with Gasteiger partial charge < -0.3 is 4.57 Å². The average Bonchev–Trinajstić information content (AvgIpc) is 2.72. The van der Waals surface area contributed by atoms with Gasteiger partial charge in [-0.1, -0.05) is 19.6 Å². The second kappa shape index (κ2) is 2.83. The molecule has 0 radical (unpaired) electrons. The number of hydrogen-bond acceptors (Lipinski definition) is 2. The summed E-state index contributed by atoms with van der Waals surface area (Å²) in [4.78, 5) is 4.17. The summed E-state index contributed by atoms with van der Waals surface area (Å²) in [5.74, 6) is 0.876. The highest BCUT2D eigenvalue weighted by Gasteiger charge is 2.07. The van der Waals surface area contributed by atoms with Crippen molar-refractivity contribution in [1.29, 1.82) is 0 Å². The Bertz CT molecular complexity index is 576. The molecule has 0 aliphatic heterocycles. The van der Waals surface area contributed by atoms with E-state index >= 15 is 0 Å². The standard InChI is InChI=1S/C9H8N4.CH4/c1-12-7-4-2-3-5-8(7)13-9(12)10-6-11-13;/h2-6H,1H3;1H4. The van der Waals surface area contributed by atoms with Gasteiger partial charge in [0.25, 0.3) is 0 Å². The van der Waals surface area contributed by atoms with E-state index in [1.807, 2.05) is 34.3 Å². The maximum Gasteiger partial charge on any atom is 0.233 e. The molecular weight excluding hydrogens is 176 g/mol. The van der Waals surface area contributed by atoms with Gasteiger partial charge in [-0.25, -0.2) is 0 Å². The van der Waals surface area contributed by atoms with E-state index in [-0.39, 0.29) is 7.43 Å². The number of benzene rings is 1. The van der Waals surface area contributed by atoms with Crippen molar-refractivity contribution in [3.63, 3.8) is 0 Å². The van der Waals surface area contributed by atoms with Gasteiger partial charge in [-0.15, -0.1) is 0 Å². The van der Waals surface area contributed by atoms with Crippen LogP contribution in [0.15, 0.2) is 30.6 Å². The van der Waals surface area contributed by atoms with Crippen molar-refractivity contribution in [3.8, 4) is 0 Å². The first-order chi connectivity index (χ1) is 6.38. The predicted molar refractivity (Wildman–Crippen MR) is 56.2 cm³/mol. The van der Waals surface area contributed by atoms with E-state index in [0.29, 0.717) is 0 Å². The van der Waals surface area contributed by atoms with E-state index in [0.717, 1.165) is 16.8 Å². The molecule has 0 bridgehead atoms. The van der Waals surface area contributed by atoms with Gasteiger partial charge in [0, 0.05) is 7.05 Å². The van der Waals surface area contributed by atoms with Gasteiger partial charge in [0.1, 0.15) is 6.33 Å². The zero-order valence-electron chi connectivity index (χ0n) is 7.18. The van der Waals surface area contributed by atoms with Crippen LogP contribution >= 0.6 is 0 Å². The van der Waals surface area contributed by atoms with Gasteiger partial charge in [0.15, 0.2) is 0 Å². The summed E-state index contributed by atoms with van der Waals surface area (Å²) in [5, 5.41) is 4.15. The average molecular weight is 188 g/mol. The van der Waals surface area contributed by atoms with E-state index in [2.05, 4.69) is 16.1 Å². The van der Waals surface area contributed by atoms with Crippen molar-refractivity contribution in [3.05, 3.63) is 30.6 Å². The summed E-state index contributed by atoms with van der Waals surface area (Å²) in [5.41, 5.74) is 2.25. The summed E-state index contributed by atoms with van der Waals surface area (Å²) in [6.45, 7) is 0. The van der Waals surface area contributed by atoms with Crippen LogP contribution in [-0.2, 0) is 7.05 Å². The van der Waals surface area contributed by atoms with Crippen LogP contribution in [0, 0.1) is 0 Å². The Kier molecular flexibility index (Phi) is 1.77. The first-order valence-electron chi connectivity index (χ1n) is 4.11. The van der Waals surface area contributed by atoms with E-state index < -0.39 is 0 Å². The smallest absolute Gasteiger partial charge is 0.233 e. The fourth-order valence-corrected chi connectivity index (χ4v) is 1.67. The highest BCUT2D eigenvalue weighted by Crippen LogP contribution is 2.16. The highest BCUT2D eigenvalue weighted by molar-refractivity contribution is 5.79. The molecule has 0 N–H and O–H groups in total. The number of fused-ring (bicyclic) bond motifs is 3. The van der Waals surface area contributed by atoms with Crippen molar-refractivity contribution in [2.24, 2.45) is 7.05 Å². The van der Waals surface area contributed by atoms with Gasteiger partial charge in [0.2, 0.25) is 5.78 Å². The monoisotopic (exact) mass is 188 g/mol. The summed E-state index contributed by atoms with van der Waals surface area (Å²) in [6, 6.07) is 8.12. The predicted octanol–water partition coefficient (Wildman–Crippen LogP) is 1.86. The molecule has 0 aliphatic carbocycles. The quantitative estimate of drug-likeness (QED) is 0.539. The van der Waals surface area contributed by atoms with Crippen LogP contribution in [0.1, 0.15) is 7.43 Å². The van der Waals surface area contributed by atoms with Crippen LogP contribution in [0.2, 0.25) is 0 Å². The largest absolute Gasteiger partial charge is 0.311 e. The Balaban J connectivity index is 0.000000750. The summed E-state index contributed by atoms with van der Waals surface area (Å²) in [6.07, 6.45) is 1.57. The first kappa shape index (κ1) is 8.74. The van der Waals surface area contributed by atoms with Crippen LogP contribution in [0.3, 0.4) is 0 Å². The third kappa shape index (κ3) is 0.878. The minimum absolute atomic E-state index is 0. The summed E-state index contributed by atoms with van der Waals surface area (Å²) >= 11 is 0. The van der Waals surface area contributed by atoms with Crippen molar-refractivity contribution < 1.29 is 0 Å². The zero-order chi connectivity index (χ0) is 8.84. The van der Waals surface area contributed by atoms with Crippen LogP contribution < -0.4 is 0 Å². The van der Waals surface area contributed by atoms with E-state index in [4.69, 9.17) is 0 Å². The zero-order valence-corrected chi connectivity index (χ0v) is 7.18. The molecule has 2 aromatic heterocycles. The highest BCUT2D eigenvalue weighted by atomic mass is 15.4. The molecule has 0 saturated heterocycles. The fraction of sp³-hybridized carbons (Fsp3) is 0.200. The molecule has 2 heterocycles. The lowest BCUT2D eigenvalue weighted by Gasteiger charge is -1.91. The normalized spacial score (nSPS) is 10.6. The molecule has 4 nitrogen and oxygen atoms in total. The molecule has 3 aromatic rings. The van der Waals surface area contributed by atoms with E-state index in [1.165, 1.54) is 0 Å². The molecule has 0 unspecified atom stereocenters. The van der Waals surface area contributed by atoms with Gasteiger partial charge in [-0.3, -0.25) is 0 Å². The van der Waals surface area contributed by atoms with Gasteiger partial charge in [-0.2, -0.15) is 14.6 Å². The molecule has 0 atom stereocenters. The Labute approximate surface area is 81.8 Å². The molecule has 0 aliphatic rings. The molecule has 0 amide bonds. The van der Waals surface area contributed by atoms with E-state index in [9.17, 15) is 0 Å². The lowest BCUT2D eigenvalue weighted by molar-refractivity contribution is 0.941. The minimum Gasteiger partial charge on any atom is -0.311 e. The number of aryl methyl sites for hydroxylation is 1. The number of hydrogen-bond donors (Lipinski definition) is 0. The molecule has 14 heavy (non-hydrogen) atoms. The van der Waals surface area contributed by atoms with Crippen LogP contribution in [0.25, 0.3) is 16.8 Å². The van der Waals surface area contributed by atoms with Crippen LogP contribution in [-0.4, -0.2) is 19.2 Å². The van der Waals surface area contributed by atoms with Crippen molar-refractivity contribution in [2.75, 3.05) is 0 Å². The van der Waals surface area contributed by atoms with Gasteiger partial charge >= 0.3 is 0 Å². The van der Waals surface area contributed by atoms with Gasteiger partial charge in [-0.05, 0) is 12.1 Å². The number of rotatable bonds is 0. The Morgan fingerprint density at radius 2 is 1.86 bits per heavy atom. The molecule has 72 valence electrons. The molecule has 0 fully saturated rings. The fourth-order valence-electron chi connectivity index (χ4n) is 1.67. The molecule has 1 aromatic carbocycles. The van der Waals surface area contributed by atoms with Crippen molar-refractivity contribution >= 4 is 16.8 Å². The SMILES string of the molecule is C.Cn1c2ccccc2n2ncnc12. The van der Waals surface area contributed by atoms with Crippen molar-refractivity contribution in [2.45, 2.75) is 7.43 Å². The van der Waals surface area contributed by atoms with Gasteiger partial charge in [0.05, 0.1) is 11.0 Å².